The molecule has 0 radical (unpaired) electrons. The predicted octanol–water partition coefficient (Wildman–Crippen LogP) is 4.31. The zero-order chi connectivity index (χ0) is 14.7. The summed E-state index contributed by atoms with van der Waals surface area (Å²) >= 11 is 1.29. The van der Waals surface area contributed by atoms with Crippen molar-refractivity contribution in [2.24, 2.45) is 0 Å². The smallest absolute Gasteiger partial charge is 0.154 e. The molecule has 3 nitrogen and oxygen atoms in total. The maximum absolute atomic E-state index is 13.5. The third-order valence-corrected chi connectivity index (χ3v) is 3.77. The van der Waals surface area contributed by atoms with Crippen molar-refractivity contribution >= 4 is 11.8 Å². The van der Waals surface area contributed by atoms with Crippen LogP contribution in [0.4, 0.5) is 8.78 Å². The van der Waals surface area contributed by atoms with Gasteiger partial charge in [-0.05, 0) is 42.5 Å². The lowest BCUT2D eigenvalue weighted by atomic mass is 10.2. The van der Waals surface area contributed by atoms with E-state index in [0.29, 0.717) is 27.8 Å². The fourth-order valence-electron chi connectivity index (χ4n) is 1.76. The number of furan rings is 1. The standard InChI is InChI=1S/C15H10F2N2OS/c16-11-3-4-12(17)10(8-11)9-21-15-6-5-13(18-19-15)14-2-1-7-20-14/h1-8H,9H2. The van der Waals surface area contributed by atoms with Crippen LogP contribution in [0.2, 0.25) is 0 Å². The second-order valence-corrected chi connectivity index (χ2v) is 5.25. The van der Waals surface area contributed by atoms with Crippen molar-refractivity contribution in [1.29, 1.82) is 0 Å². The Morgan fingerprint density at radius 3 is 2.67 bits per heavy atom. The molecule has 0 atom stereocenters. The summed E-state index contributed by atoms with van der Waals surface area (Å²) in [5.41, 5.74) is 0.929. The highest BCUT2D eigenvalue weighted by Crippen LogP contribution is 2.24. The van der Waals surface area contributed by atoms with Gasteiger partial charge in [0.2, 0.25) is 0 Å². The normalized spacial score (nSPS) is 10.8. The van der Waals surface area contributed by atoms with Crippen LogP contribution in [0.25, 0.3) is 11.5 Å². The van der Waals surface area contributed by atoms with Crippen molar-refractivity contribution in [3.63, 3.8) is 0 Å². The number of benzene rings is 1. The molecule has 0 bridgehead atoms. The first kappa shape index (κ1) is 13.8. The molecule has 106 valence electrons. The number of rotatable bonds is 4. The topological polar surface area (TPSA) is 38.9 Å². The van der Waals surface area contributed by atoms with Crippen LogP contribution < -0.4 is 0 Å². The van der Waals surface area contributed by atoms with Crippen molar-refractivity contribution in [3.8, 4) is 11.5 Å². The molecule has 0 spiro atoms. The van der Waals surface area contributed by atoms with E-state index in [2.05, 4.69) is 10.2 Å². The summed E-state index contributed by atoms with van der Waals surface area (Å²) in [6, 6.07) is 10.5. The SMILES string of the molecule is Fc1ccc(F)c(CSc2ccc(-c3ccco3)nn2)c1. The third-order valence-electron chi connectivity index (χ3n) is 2.80. The molecule has 0 amide bonds. The number of halogens is 2. The zero-order valence-corrected chi connectivity index (χ0v) is 11.6. The number of thioether (sulfide) groups is 1. The summed E-state index contributed by atoms with van der Waals surface area (Å²) in [6.45, 7) is 0. The largest absolute Gasteiger partial charge is 0.463 e. The zero-order valence-electron chi connectivity index (χ0n) is 10.8. The summed E-state index contributed by atoms with van der Waals surface area (Å²) in [7, 11) is 0. The van der Waals surface area contributed by atoms with Gasteiger partial charge >= 0.3 is 0 Å². The van der Waals surface area contributed by atoms with Gasteiger partial charge in [0.05, 0.1) is 6.26 Å². The Kier molecular flexibility index (Phi) is 3.96. The highest BCUT2D eigenvalue weighted by atomic mass is 32.2. The molecule has 0 aliphatic carbocycles. The number of hydrogen-bond donors (Lipinski definition) is 0. The summed E-state index contributed by atoms with van der Waals surface area (Å²) in [6.07, 6.45) is 1.56. The van der Waals surface area contributed by atoms with Gasteiger partial charge in [-0.15, -0.1) is 10.2 Å². The van der Waals surface area contributed by atoms with Crippen LogP contribution in [0, 0.1) is 11.6 Å². The van der Waals surface area contributed by atoms with E-state index in [-0.39, 0.29) is 0 Å². The Labute approximate surface area is 124 Å². The van der Waals surface area contributed by atoms with E-state index in [9.17, 15) is 8.78 Å². The highest BCUT2D eigenvalue weighted by molar-refractivity contribution is 7.98. The Balaban J connectivity index is 1.70. The molecule has 0 fully saturated rings. The summed E-state index contributed by atoms with van der Waals surface area (Å²) < 4.78 is 31.8. The minimum Gasteiger partial charge on any atom is -0.463 e. The summed E-state index contributed by atoms with van der Waals surface area (Å²) in [5.74, 6) is 0.0452. The van der Waals surface area contributed by atoms with Crippen LogP contribution >= 0.6 is 11.8 Å². The Morgan fingerprint density at radius 2 is 1.95 bits per heavy atom. The molecule has 0 unspecified atom stereocenters. The predicted molar refractivity (Wildman–Crippen MR) is 75.7 cm³/mol. The van der Waals surface area contributed by atoms with E-state index >= 15 is 0 Å². The molecule has 3 aromatic rings. The summed E-state index contributed by atoms with van der Waals surface area (Å²) in [5, 5.41) is 8.71. The highest BCUT2D eigenvalue weighted by Gasteiger charge is 2.07. The van der Waals surface area contributed by atoms with Gasteiger partial charge in [-0.1, -0.05) is 11.8 Å². The van der Waals surface area contributed by atoms with Crippen molar-refractivity contribution in [2.45, 2.75) is 10.8 Å². The average Bonchev–Trinajstić information content (AvgIpc) is 3.03. The van der Waals surface area contributed by atoms with Crippen LogP contribution in [-0.4, -0.2) is 10.2 Å². The number of hydrogen-bond acceptors (Lipinski definition) is 4. The van der Waals surface area contributed by atoms with Gasteiger partial charge in [0, 0.05) is 11.3 Å². The Hall–Kier alpha value is -2.21. The van der Waals surface area contributed by atoms with E-state index in [1.165, 1.54) is 17.8 Å². The quantitative estimate of drug-likeness (QED) is 0.673. The molecule has 0 aliphatic rings. The minimum absolute atomic E-state index is 0.290. The molecule has 0 aliphatic heterocycles. The van der Waals surface area contributed by atoms with E-state index < -0.39 is 11.6 Å². The fraction of sp³-hybridized carbons (Fsp3) is 0.0667. The first-order valence-corrected chi connectivity index (χ1v) is 7.15. The van der Waals surface area contributed by atoms with Crippen molar-refractivity contribution < 1.29 is 13.2 Å². The van der Waals surface area contributed by atoms with Gasteiger partial charge in [-0.2, -0.15) is 0 Å². The van der Waals surface area contributed by atoms with Crippen LogP contribution in [-0.2, 0) is 5.75 Å². The molecule has 2 heterocycles. The lowest BCUT2D eigenvalue weighted by molar-refractivity contribution is 0.578. The van der Waals surface area contributed by atoms with E-state index in [4.69, 9.17) is 4.42 Å². The second kappa shape index (κ2) is 6.05. The number of aromatic nitrogens is 2. The molecule has 3 rings (SSSR count). The van der Waals surface area contributed by atoms with Gasteiger partial charge in [-0.3, -0.25) is 0 Å². The van der Waals surface area contributed by atoms with Gasteiger partial charge in [0.1, 0.15) is 22.4 Å². The van der Waals surface area contributed by atoms with Gasteiger partial charge in [0.25, 0.3) is 0 Å². The maximum Gasteiger partial charge on any atom is 0.154 e. The molecule has 21 heavy (non-hydrogen) atoms. The minimum atomic E-state index is -0.453. The molecule has 6 heteroatoms. The average molecular weight is 304 g/mol. The summed E-state index contributed by atoms with van der Waals surface area (Å²) in [4.78, 5) is 0. The van der Waals surface area contributed by atoms with Crippen molar-refractivity contribution in [2.75, 3.05) is 0 Å². The van der Waals surface area contributed by atoms with Crippen LogP contribution in [0.1, 0.15) is 5.56 Å². The fourth-order valence-corrected chi connectivity index (χ4v) is 2.55. The van der Waals surface area contributed by atoms with Crippen LogP contribution in [0.15, 0.2) is 58.2 Å². The van der Waals surface area contributed by atoms with Crippen LogP contribution in [0.3, 0.4) is 0 Å². The molecule has 1 aromatic carbocycles. The van der Waals surface area contributed by atoms with Crippen molar-refractivity contribution in [3.05, 3.63) is 65.9 Å². The monoisotopic (exact) mass is 304 g/mol. The van der Waals surface area contributed by atoms with Gasteiger partial charge < -0.3 is 4.42 Å². The molecule has 2 aromatic heterocycles. The lowest BCUT2D eigenvalue weighted by Gasteiger charge is -2.03. The molecular weight excluding hydrogens is 294 g/mol. The third kappa shape index (κ3) is 3.28. The van der Waals surface area contributed by atoms with Crippen LogP contribution in [0.5, 0.6) is 0 Å². The first-order chi connectivity index (χ1) is 10.2. The van der Waals surface area contributed by atoms with Gasteiger partial charge in [-0.25, -0.2) is 8.78 Å². The molecule has 0 saturated carbocycles. The Bertz CT molecular complexity index is 730. The van der Waals surface area contributed by atoms with E-state index in [0.717, 1.165) is 12.1 Å². The molecular formula is C15H10F2N2OS. The second-order valence-electron chi connectivity index (χ2n) is 4.26. The van der Waals surface area contributed by atoms with E-state index in [1.54, 1.807) is 30.5 Å². The molecule has 0 N–H and O–H groups in total. The van der Waals surface area contributed by atoms with Crippen molar-refractivity contribution in [1.82, 2.24) is 10.2 Å². The Morgan fingerprint density at radius 1 is 1.05 bits per heavy atom. The first-order valence-electron chi connectivity index (χ1n) is 6.17. The number of nitrogens with zero attached hydrogens (tertiary/aromatic N) is 2. The van der Waals surface area contributed by atoms with E-state index in [1.807, 2.05) is 0 Å². The maximum atomic E-state index is 13.5. The molecule has 0 saturated heterocycles. The van der Waals surface area contributed by atoms with Gasteiger partial charge in [0.15, 0.2) is 5.76 Å². The lowest BCUT2D eigenvalue weighted by Crippen LogP contribution is -1.92.